The van der Waals surface area contributed by atoms with E-state index in [0.717, 1.165) is 21.8 Å². The van der Waals surface area contributed by atoms with Crippen LogP contribution in [0.15, 0.2) is 59.5 Å². The maximum absolute atomic E-state index is 13.4. The van der Waals surface area contributed by atoms with E-state index in [9.17, 15) is 14.7 Å². The largest absolute Gasteiger partial charge is 0.507 e. The fraction of sp³-hybridized carbons (Fsp3) is 0.286. The molecule has 3 aromatic rings. The number of aliphatic hydroxyl groups is 1. The van der Waals surface area contributed by atoms with E-state index in [1.807, 2.05) is 43.5 Å². The summed E-state index contributed by atoms with van der Waals surface area (Å²) in [4.78, 5) is 28.8. The Kier molecular flexibility index (Phi) is 6.80. The number of hydrogen-bond donors (Lipinski definition) is 1. The predicted octanol–water partition coefficient (Wildman–Crippen LogP) is 7.03. The van der Waals surface area contributed by atoms with Crippen molar-refractivity contribution in [1.82, 2.24) is 0 Å². The minimum absolute atomic E-state index is 0.0539. The third-order valence-corrected chi connectivity index (χ3v) is 7.38. The van der Waals surface area contributed by atoms with Gasteiger partial charge in [-0.3, -0.25) is 14.5 Å². The molecule has 4 rings (SSSR count). The van der Waals surface area contributed by atoms with Crippen LogP contribution in [0.2, 0.25) is 5.02 Å². The molecule has 182 valence electrons. The van der Waals surface area contributed by atoms with Crippen molar-refractivity contribution < 1.29 is 19.4 Å². The number of rotatable bonds is 5. The van der Waals surface area contributed by atoms with Gasteiger partial charge in [-0.25, -0.2) is 0 Å². The number of carbonyl (C=O) groups is 2. The molecule has 0 spiro atoms. The van der Waals surface area contributed by atoms with E-state index < -0.39 is 17.7 Å². The lowest BCUT2D eigenvalue weighted by molar-refractivity contribution is -0.132. The lowest BCUT2D eigenvalue weighted by Crippen LogP contribution is -2.29. The SMILES string of the molecule is CCOc1ccc(/C(O)=C2/C(=O)C(=O)N(c3ccc(C)c(Cl)c3)C2c2cccs2)cc1C(C)(C)C. The topological polar surface area (TPSA) is 66.8 Å². The molecule has 2 aromatic carbocycles. The minimum atomic E-state index is -0.765. The smallest absolute Gasteiger partial charge is 0.300 e. The second kappa shape index (κ2) is 9.51. The van der Waals surface area contributed by atoms with Gasteiger partial charge in [-0.2, -0.15) is 0 Å². The molecular weight excluding hydrogens is 482 g/mol. The Morgan fingerprint density at radius 3 is 2.49 bits per heavy atom. The number of halogens is 1. The van der Waals surface area contributed by atoms with Crippen molar-refractivity contribution in [3.63, 3.8) is 0 Å². The van der Waals surface area contributed by atoms with Crippen molar-refractivity contribution in [1.29, 1.82) is 0 Å². The van der Waals surface area contributed by atoms with Crippen LogP contribution < -0.4 is 9.64 Å². The van der Waals surface area contributed by atoms with Crippen LogP contribution in [-0.4, -0.2) is 23.4 Å². The molecule has 0 aliphatic carbocycles. The highest BCUT2D eigenvalue weighted by molar-refractivity contribution is 7.10. The first kappa shape index (κ1) is 25.0. The fourth-order valence-electron chi connectivity index (χ4n) is 4.25. The summed E-state index contributed by atoms with van der Waals surface area (Å²) in [6, 6.07) is 13.6. The van der Waals surface area contributed by atoms with E-state index in [1.165, 1.54) is 16.2 Å². The average molecular weight is 510 g/mol. The summed E-state index contributed by atoms with van der Waals surface area (Å²) >= 11 is 7.77. The Bertz CT molecular complexity index is 1320. The summed E-state index contributed by atoms with van der Waals surface area (Å²) in [5.74, 6) is -0.923. The maximum atomic E-state index is 13.4. The summed E-state index contributed by atoms with van der Waals surface area (Å²) in [6.07, 6.45) is 0. The lowest BCUT2D eigenvalue weighted by atomic mass is 9.84. The van der Waals surface area contributed by atoms with Gasteiger partial charge in [0.05, 0.1) is 12.2 Å². The van der Waals surface area contributed by atoms with Crippen LogP contribution in [0.3, 0.4) is 0 Å². The van der Waals surface area contributed by atoms with Crippen molar-refractivity contribution >= 4 is 46.1 Å². The molecule has 1 atom stereocenters. The highest BCUT2D eigenvalue weighted by atomic mass is 35.5. The number of anilines is 1. The van der Waals surface area contributed by atoms with Crippen LogP contribution in [0, 0.1) is 6.92 Å². The third-order valence-electron chi connectivity index (χ3n) is 6.05. The molecule has 7 heteroatoms. The summed E-state index contributed by atoms with van der Waals surface area (Å²) in [5, 5.41) is 13.8. The van der Waals surface area contributed by atoms with Gasteiger partial charge in [0.2, 0.25) is 0 Å². The molecule has 0 saturated carbocycles. The van der Waals surface area contributed by atoms with Crippen LogP contribution in [0.4, 0.5) is 5.69 Å². The number of Topliss-reactive ketones (excluding diaryl/α,β-unsaturated/α-hetero) is 1. The summed E-state index contributed by atoms with van der Waals surface area (Å²) < 4.78 is 5.80. The molecule has 1 amide bonds. The molecule has 0 bridgehead atoms. The van der Waals surface area contributed by atoms with Gasteiger partial charge in [-0.1, -0.05) is 44.5 Å². The normalized spacial score (nSPS) is 17.8. The van der Waals surface area contributed by atoms with Crippen LogP contribution >= 0.6 is 22.9 Å². The molecular formula is C28H28ClNO4S. The summed E-state index contributed by atoms with van der Waals surface area (Å²) in [7, 11) is 0. The number of amides is 1. The maximum Gasteiger partial charge on any atom is 0.300 e. The third kappa shape index (κ3) is 4.60. The Balaban J connectivity index is 1.92. The van der Waals surface area contributed by atoms with Gasteiger partial charge in [0.15, 0.2) is 0 Å². The first-order valence-corrected chi connectivity index (χ1v) is 12.7. The van der Waals surface area contributed by atoms with Crippen molar-refractivity contribution in [3.05, 3.63) is 86.1 Å². The van der Waals surface area contributed by atoms with Crippen molar-refractivity contribution in [2.75, 3.05) is 11.5 Å². The van der Waals surface area contributed by atoms with Crippen molar-refractivity contribution in [3.8, 4) is 5.75 Å². The van der Waals surface area contributed by atoms with E-state index in [-0.39, 0.29) is 16.7 Å². The van der Waals surface area contributed by atoms with E-state index in [2.05, 4.69) is 20.8 Å². The zero-order valence-electron chi connectivity index (χ0n) is 20.4. The van der Waals surface area contributed by atoms with Gasteiger partial charge in [-0.15, -0.1) is 11.3 Å². The van der Waals surface area contributed by atoms with E-state index in [1.54, 1.807) is 24.3 Å². The molecule has 5 nitrogen and oxygen atoms in total. The van der Waals surface area contributed by atoms with Gasteiger partial charge in [0, 0.05) is 26.7 Å². The van der Waals surface area contributed by atoms with Gasteiger partial charge >= 0.3 is 0 Å². The van der Waals surface area contributed by atoms with Crippen LogP contribution in [0.5, 0.6) is 5.75 Å². The van der Waals surface area contributed by atoms with Crippen LogP contribution in [-0.2, 0) is 15.0 Å². The highest BCUT2D eigenvalue weighted by Gasteiger charge is 2.47. The Morgan fingerprint density at radius 2 is 1.89 bits per heavy atom. The van der Waals surface area contributed by atoms with E-state index >= 15 is 0 Å². The van der Waals surface area contributed by atoms with E-state index in [4.69, 9.17) is 16.3 Å². The minimum Gasteiger partial charge on any atom is -0.507 e. The van der Waals surface area contributed by atoms with Gasteiger partial charge in [0.1, 0.15) is 17.6 Å². The molecule has 1 aromatic heterocycles. The van der Waals surface area contributed by atoms with Crippen LogP contribution in [0.25, 0.3) is 5.76 Å². The average Bonchev–Trinajstić information content (AvgIpc) is 3.42. The molecule has 35 heavy (non-hydrogen) atoms. The van der Waals surface area contributed by atoms with E-state index in [0.29, 0.717) is 22.9 Å². The molecule has 1 aliphatic heterocycles. The van der Waals surface area contributed by atoms with Crippen molar-refractivity contribution in [2.24, 2.45) is 0 Å². The number of carbonyl (C=O) groups excluding carboxylic acids is 2. The Labute approximate surface area is 214 Å². The number of aryl methyl sites for hydroxylation is 1. The van der Waals surface area contributed by atoms with Crippen LogP contribution in [0.1, 0.15) is 55.3 Å². The Hall–Kier alpha value is -3.09. The molecule has 1 unspecified atom stereocenters. The molecule has 1 aliphatic rings. The summed E-state index contributed by atoms with van der Waals surface area (Å²) in [6.45, 7) is 10.5. The molecule has 0 radical (unpaired) electrons. The number of nitrogens with zero attached hydrogens (tertiary/aromatic N) is 1. The Morgan fingerprint density at radius 1 is 1.14 bits per heavy atom. The zero-order chi connectivity index (χ0) is 25.5. The molecule has 1 saturated heterocycles. The number of ether oxygens (including phenoxy) is 1. The number of aliphatic hydroxyl groups excluding tert-OH is 1. The summed E-state index contributed by atoms with van der Waals surface area (Å²) in [5.41, 5.74) is 2.51. The first-order chi connectivity index (χ1) is 16.5. The second-order valence-corrected chi connectivity index (χ2v) is 10.9. The first-order valence-electron chi connectivity index (χ1n) is 11.4. The molecule has 2 heterocycles. The second-order valence-electron chi connectivity index (χ2n) is 9.51. The van der Waals surface area contributed by atoms with Crippen molar-refractivity contribution in [2.45, 2.75) is 46.1 Å². The standard InChI is InChI=1S/C28H28ClNO4S/c1-6-34-21-12-10-17(14-19(21)28(3,4)5)25(31)23-24(22-8-7-13-35-22)30(27(33)26(23)32)18-11-9-16(2)20(29)15-18/h7-15,24,31H,6H2,1-5H3/b25-23-. The lowest BCUT2D eigenvalue weighted by Gasteiger charge is -2.25. The number of benzene rings is 2. The number of hydrogen-bond acceptors (Lipinski definition) is 5. The van der Waals surface area contributed by atoms with Gasteiger partial charge in [-0.05, 0) is 66.6 Å². The zero-order valence-corrected chi connectivity index (χ0v) is 22.0. The quantitative estimate of drug-likeness (QED) is 0.228. The van der Waals surface area contributed by atoms with Gasteiger partial charge < -0.3 is 9.84 Å². The molecule has 1 fully saturated rings. The molecule has 1 N–H and O–H groups in total. The number of thiophene rings is 1. The fourth-order valence-corrected chi connectivity index (χ4v) is 5.25. The highest BCUT2D eigenvalue weighted by Crippen LogP contribution is 2.45. The number of ketones is 1. The van der Waals surface area contributed by atoms with Gasteiger partial charge in [0.25, 0.3) is 11.7 Å². The monoisotopic (exact) mass is 509 g/mol. The predicted molar refractivity (Wildman–Crippen MR) is 142 cm³/mol.